The van der Waals surface area contributed by atoms with Gasteiger partial charge in [0.15, 0.2) is 0 Å². The summed E-state index contributed by atoms with van der Waals surface area (Å²) >= 11 is 6.03. The Balaban J connectivity index is 2.40. The standard InChI is InChI=1S/C21H25ClFN3O4S/c1-4-24-21(28)15(2)25(13-16-8-7-9-17(22)12-16)20(27)14-26(31(3,29)30)19-11-6-5-10-18(19)23/h5-12,15H,4,13-14H2,1-3H3,(H,24,28)/t15-/m0/s1. The summed E-state index contributed by atoms with van der Waals surface area (Å²) in [7, 11) is -3.98. The molecule has 0 aliphatic carbocycles. The van der Waals surface area contributed by atoms with Gasteiger partial charge in [0, 0.05) is 18.1 Å². The molecular formula is C21H25ClFN3O4S. The SMILES string of the molecule is CCNC(=O)[C@H](C)N(Cc1cccc(Cl)c1)C(=O)CN(c1ccccc1F)S(C)(=O)=O. The van der Waals surface area contributed by atoms with Gasteiger partial charge in [-0.1, -0.05) is 35.9 Å². The Hall–Kier alpha value is -2.65. The number of para-hydroxylation sites is 1. The third-order valence-corrected chi connectivity index (χ3v) is 5.92. The second-order valence-corrected chi connectivity index (χ2v) is 9.29. The predicted octanol–water partition coefficient (Wildman–Crippen LogP) is 2.80. The molecule has 2 aromatic rings. The van der Waals surface area contributed by atoms with Crippen molar-refractivity contribution in [2.45, 2.75) is 26.4 Å². The van der Waals surface area contributed by atoms with Crippen molar-refractivity contribution in [3.63, 3.8) is 0 Å². The molecule has 10 heteroatoms. The van der Waals surface area contributed by atoms with E-state index in [0.717, 1.165) is 12.3 Å². The number of carbonyl (C=O) groups excluding carboxylic acids is 2. The highest BCUT2D eigenvalue weighted by Crippen LogP contribution is 2.22. The number of carbonyl (C=O) groups is 2. The molecule has 0 unspecified atom stereocenters. The van der Waals surface area contributed by atoms with Crippen molar-refractivity contribution in [1.82, 2.24) is 10.2 Å². The topological polar surface area (TPSA) is 86.8 Å². The Kier molecular flexibility index (Phi) is 8.41. The van der Waals surface area contributed by atoms with Crippen LogP contribution in [0, 0.1) is 5.82 Å². The summed E-state index contributed by atoms with van der Waals surface area (Å²) < 4.78 is 39.7. The Morgan fingerprint density at radius 2 is 1.84 bits per heavy atom. The van der Waals surface area contributed by atoms with Crippen LogP contribution in [0.3, 0.4) is 0 Å². The molecule has 7 nitrogen and oxygen atoms in total. The number of anilines is 1. The fourth-order valence-electron chi connectivity index (χ4n) is 2.99. The van der Waals surface area contributed by atoms with Crippen molar-refractivity contribution in [3.05, 3.63) is 64.9 Å². The number of amides is 2. The molecule has 0 fully saturated rings. The van der Waals surface area contributed by atoms with E-state index in [2.05, 4.69) is 5.32 Å². The van der Waals surface area contributed by atoms with Gasteiger partial charge in [0.25, 0.3) is 0 Å². The second-order valence-electron chi connectivity index (χ2n) is 6.94. The Morgan fingerprint density at radius 1 is 1.16 bits per heavy atom. The molecule has 168 valence electrons. The van der Waals surface area contributed by atoms with Crippen molar-refractivity contribution < 1.29 is 22.4 Å². The summed E-state index contributed by atoms with van der Waals surface area (Å²) in [5.74, 6) is -1.83. The number of rotatable bonds is 9. The monoisotopic (exact) mass is 469 g/mol. The first-order valence-electron chi connectivity index (χ1n) is 9.58. The van der Waals surface area contributed by atoms with E-state index in [1.807, 2.05) is 0 Å². The van der Waals surface area contributed by atoms with Gasteiger partial charge in [0.2, 0.25) is 21.8 Å². The predicted molar refractivity (Wildman–Crippen MR) is 119 cm³/mol. The average molecular weight is 470 g/mol. The zero-order chi connectivity index (χ0) is 23.2. The lowest BCUT2D eigenvalue weighted by Crippen LogP contribution is -2.51. The number of likely N-dealkylation sites (N-methyl/N-ethyl adjacent to an activating group) is 1. The zero-order valence-corrected chi connectivity index (χ0v) is 19.1. The second kappa shape index (κ2) is 10.6. The van der Waals surface area contributed by atoms with Gasteiger partial charge in [-0.25, -0.2) is 12.8 Å². The molecule has 0 bridgehead atoms. The lowest BCUT2D eigenvalue weighted by Gasteiger charge is -2.31. The van der Waals surface area contributed by atoms with Crippen LogP contribution in [-0.2, 0) is 26.2 Å². The maximum atomic E-state index is 14.3. The fraction of sp³-hybridized carbons (Fsp3) is 0.333. The fourth-order valence-corrected chi connectivity index (χ4v) is 4.05. The van der Waals surface area contributed by atoms with Crippen molar-refractivity contribution in [3.8, 4) is 0 Å². The van der Waals surface area contributed by atoms with Crippen LogP contribution in [0.5, 0.6) is 0 Å². The van der Waals surface area contributed by atoms with E-state index in [1.165, 1.54) is 23.1 Å². The molecular weight excluding hydrogens is 445 g/mol. The van der Waals surface area contributed by atoms with E-state index >= 15 is 0 Å². The van der Waals surface area contributed by atoms with Crippen LogP contribution < -0.4 is 9.62 Å². The summed E-state index contributed by atoms with van der Waals surface area (Å²) in [6, 6.07) is 11.2. The van der Waals surface area contributed by atoms with Gasteiger partial charge in [0.05, 0.1) is 11.9 Å². The maximum Gasteiger partial charge on any atom is 0.244 e. The molecule has 2 rings (SSSR count). The highest BCUT2D eigenvalue weighted by molar-refractivity contribution is 7.92. The van der Waals surface area contributed by atoms with Crippen molar-refractivity contribution in [1.29, 1.82) is 0 Å². The molecule has 31 heavy (non-hydrogen) atoms. The van der Waals surface area contributed by atoms with E-state index < -0.39 is 40.2 Å². The molecule has 0 aliphatic heterocycles. The first-order valence-corrected chi connectivity index (χ1v) is 11.8. The first kappa shape index (κ1) is 24.6. The average Bonchev–Trinajstić information content (AvgIpc) is 2.69. The van der Waals surface area contributed by atoms with Crippen LogP contribution in [0.1, 0.15) is 19.4 Å². The number of hydrogen-bond acceptors (Lipinski definition) is 4. The van der Waals surface area contributed by atoms with Crippen LogP contribution >= 0.6 is 11.6 Å². The summed E-state index contributed by atoms with van der Waals surface area (Å²) in [5, 5.41) is 3.11. The Morgan fingerprint density at radius 3 is 2.42 bits per heavy atom. The van der Waals surface area contributed by atoms with Gasteiger partial charge >= 0.3 is 0 Å². The molecule has 0 aromatic heterocycles. The summed E-state index contributed by atoms with van der Waals surface area (Å²) in [6.07, 6.45) is 0.890. The highest BCUT2D eigenvalue weighted by atomic mass is 35.5. The van der Waals surface area contributed by atoms with E-state index in [4.69, 9.17) is 11.6 Å². The minimum Gasteiger partial charge on any atom is -0.355 e. The van der Waals surface area contributed by atoms with Crippen LogP contribution in [0.2, 0.25) is 5.02 Å². The lowest BCUT2D eigenvalue weighted by molar-refractivity contribution is -0.139. The van der Waals surface area contributed by atoms with E-state index in [9.17, 15) is 22.4 Å². The molecule has 0 heterocycles. The number of nitrogens with one attached hydrogen (secondary N) is 1. The molecule has 0 saturated heterocycles. The van der Waals surface area contributed by atoms with Gasteiger partial charge < -0.3 is 10.2 Å². The van der Waals surface area contributed by atoms with Gasteiger partial charge in [-0.3, -0.25) is 13.9 Å². The number of benzene rings is 2. The number of sulfonamides is 1. The normalized spacial score (nSPS) is 12.2. The Bertz CT molecular complexity index is 1050. The third-order valence-electron chi connectivity index (χ3n) is 4.56. The molecule has 0 spiro atoms. The third kappa shape index (κ3) is 6.67. The van der Waals surface area contributed by atoms with Gasteiger partial charge in [0.1, 0.15) is 18.4 Å². The van der Waals surface area contributed by atoms with E-state index in [0.29, 0.717) is 21.4 Å². The van der Waals surface area contributed by atoms with Crippen molar-refractivity contribution in [2.75, 3.05) is 23.7 Å². The molecule has 1 N–H and O–H groups in total. The van der Waals surface area contributed by atoms with Crippen LogP contribution in [0.15, 0.2) is 48.5 Å². The molecule has 2 amide bonds. The minimum atomic E-state index is -3.98. The molecule has 0 saturated carbocycles. The minimum absolute atomic E-state index is 0.0204. The zero-order valence-electron chi connectivity index (χ0n) is 17.5. The number of hydrogen-bond donors (Lipinski definition) is 1. The maximum absolute atomic E-state index is 14.3. The molecule has 1 atom stereocenters. The quantitative estimate of drug-likeness (QED) is 0.611. The lowest BCUT2D eigenvalue weighted by atomic mass is 10.1. The van der Waals surface area contributed by atoms with Gasteiger partial charge in [-0.2, -0.15) is 0 Å². The van der Waals surface area contributed by atoms with Crippen molar-refractivity contribution >= 4 is 39.1 Å². The summed E-state index contributed by atoms with van der Waals surface area (Å²) in [5.41, 5.74) is 0.417. The first-order chi connectivity index (χ1) is 14.5. The summed E-state index contributed by atoms with van der Waals surface area (Å²) in [6.45, 7) is 3.02. The van der Waals surface area contributed by atoms with E-state index in [1.54, 1.807) is 38.1 Å². The largest absolute Gasteiger partial charge is 0.355 e. The molecule has 0 aliphatic rings. The van der Waals surface area contributed by atoms with Crippen LogP contribution in [-0.4, -0.2) is 50.5 Å². The molecule has 0 radical (unpaired) electrons. The molecule has 2 aromatic carbocycles. The number of halogens is 2. The van der Waals surface area contributed by atoms with Crippen molar-refractivity contribution in [2.24, 2.45) is 0 Å². The number of nitrogens with zero attached hydrogens (tertiary/aromatic N) is 2. The Labute approximate surface area is 186 Å². The highest BCUT2D eigenvalue weighted by Gasteiger charge is 2.30. The summed E-state index contributed by atoms with van der Waals surface area (Å²) in [4.78, 5) is 26.9. The van der Waals surface area contributed by atoms with Crippen LogP contribution in [0.4, 0.5) is 10.1 Å². The van der Waals surface area contributed by atoms with Gasteiger partial charge in [-0.05, 0) is 43.7 Å². The smallest absolute Gasteiger partial charge is 0.244 e. The van der Waals surface area contributed by atoms with E-state index in [-0.39, 0.29) is 12.2 Å². The van der Waals surface area contributed by atoms with Gasteiger partial charge in [-0.15, -0.1) is 0 Å². The van der Waals surface area contributed by atoms with Crippen LogP contribution in [0.25, 0.3) is 0 Å².